The van der Waals surface area contributed by atoms with Crippen LogP contribution in [0.2, 0.25) is 0 Å². The predicted octanol–water partition coefficient (Wildman–Crippen LogP) is 2.95. The molecule has 1 aliphatic heterocycles. The zero-order chi connectivity index (χ0) is 16.9. The fourth-order valence-corrected chi connectivity index (χ4v) is 2.87. The molecular weight excluding hydrogens is 306 g/mol. The average molecular weight is 327 g/mol. The maximum absolute atomic E-state index is 11.1. The lowest BCUT2D eigenvalue weighted by molar-refractivity contribution is 0.148. The van der Waals surface area contributed by atoms with Crippen molar-refractivity contribution in [2.24, 2.45) is 0 Å². The van der Waals surface area contributed by atoms with E-state index >= 15 is 0 Å². The molecule has 0 radical (unpaired) electrons. The molecule has 1 saturated heterocycles. The molecule has 2 heterocycles. The zero-order valence-corrected chi connectivity index (χ0v) is 13.7. The molecule has 3 rings (SSSR count). The van der Waals surface area contributed by atoms with Gasteiger partial charge in [0.2, 0.25) is 0 Å². The Kier molecular flexibility index (Phi) is 4.84. The number of carbonyl (C=O) groups is 1. The third-order valence-electron chi connectivity index (χ3n) is 4.26. The minimum absolute atomic E-state index is 0.511. The topological polar surface area (TPSA) is 65.9 Å². The van der Waals surface area contributed by atoms with Gasteiger partial charge in [-0.05, 0) is 36.2 Å². The molecule has 0 bridgehead atoms. The molecule has 1 amide bonds. The van der Waals surface area contributed by atoms with Gasteiger partial charge in [-0.15, -0.1) is 0 Å². The van der Waals surface area contributed by atoms with Crippen molar-refractivity contribution in [2.45, 2.75) is 6.42 Å². The van der Waals surface area contributed by atoms with Crippen molar-refractivity contribution in [3.63, 3.8) is 0 Å². The number of aromatic nitrogens is 1. The van der Waals surface area contributed by atoms with Crippen molar-refractivity contribution >= 4 is 11.9 Å². The number of benzene rings is 1. The molecule has 1 N–H and O–H groups in total. The van der Waals surface area contributed by atoms with Crippen molar-refractivity contribution in [1.29, 1.82) is 0 Å². The Morgan fingerprint density at radius 1 is 1.04 bits per heavy atom. The maximum atomic E-state index is 11.1. The lowest BCUT2D eigenvalue weighted by Crippen LogP contribution is -2.34. The lowest BCUT2D eigenvalue weighted by atomic mass is 10.1. The van der Waals surface area contributed by atoms with Gasteiger partial charge in [-0.1, -0.05) is 12.1 Å². The van der Waals surface area contributed by atoms with Gasteiger partial charge in [-0.3, -0.25) is 0 Å². The van der Waals surface area contributed by atoms with E-state index in [-0.39, 0.29) is 0 Å². The van der Waals surface area contributed by atoms with Crippen molar-refractivity contribution in [1.82, 2.24) is 9.88 Å². The van der Waals surface area contributed by atoms with Crippen LogP contribution in [-0.2, 0) is 0 Å². The van der Waals surface area contributed by atoms with Crippen LogP contribution in [0, 0.1) is 0 Å². The third kappa shape index (κ3) is 3.59. The van der Waals surface area contributed by atoms with Crippen molar-refractivity contribution in [2.75, 3.05) is 38.2 Å². The molecule has 0 atom stereocenters. The predicted molar refractivity (Wildman–Crippen MR) is 92.7 cm³/mol. The van der Waals surface area contributed by atoms with Gasteiger partial charge in [0.15, 0.2) is 0 Å². The Balaban J connectivity index is 1.70. The molecule has 24 heavy (non-hydrogen) atoms. The lowest BCUT2D eigenvalue weighted by Gasteiger charge is -2.21. The van der Waals surface area contributed by atoms with E-state index in [9.17, 15) is 4.79 Å². The molecule has 0 saturated carbocycles. The summed E-state index contributed by atoms with van der Waals surface area (Å²) in [4.78, 5) is 19.2. The molecule has 1 aromatic carbocycles. The normalized spacial score (nSPS) is 15.0. The van der Waals surface area contributed by atoms with Crippen LogP contribution in [0.25, 0.3) is 11.1 Å². The molecule has 1 aliphatic rings. The number of hydrogen-bond acceptors (Lipinski definition) is 4. The molecule has 0 unspecified atom stereocenters. The number of ether oxygens (including phenoxy) is 1. The fraction of sp³-hybridized carbons (Fsp3) is 0.333. The molecule has 6 heteroatoms. The van der Waals surface area contributed by atoms with E-state index in [1.807, 2.05) is 42.6 Å². The summed E-state index contributed by atoms with van der Waals surface area (Å²) in [6.07, 6.45) is 1.82. The Labute approximate surface area is 141 Å². The van der Waals surface area contributed by atoms with Crippen LogP contribution < -0.4 is 9.64 Å². The molecule has 1 aromatic heterocycles. The first-order valence-electron chi connectivity index (χ1n) is 8.00. The van der Waals surface area contributed by atoms with Crippen molar-refractivity contribution in [3.8, 4) is 16.9 Å². The van der Waals surface area contributed by atoms with Gasteiger partial charge in [0.25, 0.3) is 0 Å². The van der Waals surface area contributed by atoms with Gasteiger partial charge in [0.1, 0.15) is 11.6 Å². The molecular formula is C18H21N3O3. The number of carboxylic acid groups (broad SMARTS) is 1. The van der Waals surface area contributed by atoms with Gasteiger partial charge in [0.05, 0.1) is 7.11 Å². The summed E-state index contributed by atoms with van der Waals surface area (Å²) in [5.74, 6) is 1.72. The Morgan fingerprint density at radius 2 is 1.79 bits per heavy atom. The van der Waals surface area contributed by atoms with Crippen LogP contribution in [0.5, 0.6) is 5.75 Å². The van der Waals surface area contributed by atoms with E-state index in [4.69, 9.17) is 9.84 Å². The van der Waals surface area contributed by atoms with Gasteiger partial charge >= 0.3 is 6.09 Å². The first kappa shape index (κ1) is 16.1. The van der Waals surface area contributed by atoms with E-state index in [0.717, 1.165) is 35.7 Å². The minimum Gasteiger partial charge on any atom is -0.497 e. The van der Waals surface area contributed by atoms with Gasteiger partial charge in [-0.25, -0.2) is 9.78 Å². The number of methoxy groups -OCH3 is 1. The quantitative estimate of drug-likeness (QED) is 0.939. The van der Waals surface area contributed by atoms with Crippen LogP contribution in [0.3, 0.4) is 0 Å². The summed E-state index contributed by atoms with van der Waals surface area (Å²) in [5, 5.41) is 9.10. The van der Waals surface area contributed by atoms with Gasteiger partial charge in [0, 0.05) is 37.9 Å². The summed E-state index contributed by atoms with van der Waals surface area (Å²) in [7, 11) is 1.65. The number of hydrogen-bond donors (Lipinski definition) is 1. The van der Waals surface area contributed by atoms with Crippen LogP contribution >= 0.6 is 0 Å². The summed E-state index contributed by atoms with van der Waals surface area (Å²) in [5.41, 5.74) is 2.13. The number of rotatable bonds is 3. The number of anilines is 1. The zero-order valence-electron chi connectivity index (χ0n) is 13.7. The Morgan fingerprint density at radius 3 is 2.42 bits per heavy atom. The SMILES string of the molecule is COc1ccc(-c2ccc(N3CCCN(C(=O)O)CC3)nc2)cc1. The van der Waals surface area contributed by atoms with Crippen molar-refractivity contribution in [3.05, 3.63) is 42.6 Å². The smallest absolute Gasteiger partial charge is 0.407 e. The number of amides is 1. The summed E-state index contributed by atoms with van der Waals surface area (Å²) >= 11 is 0. The van der Waals surface area contributed by atoms with Crippen LogP contribution in [-0.4, -0.2) is 54.4 Å². The average Bonchev–Trinajstić information content (AvgIpc) is 2.88. The Hall–Kier alpha value is -2.76. The molecule has 6 nitrogen and oxygen atoms in total. The highest BCUT2D eigenvalue weighted by Gasteiger charge is 2.18. The monoisotopic (exact) mass is 327 g/mol. The highest BCUT2D eigenvalue weighted by atomic mass is 16.5. The number of pyridine rings is 1. The molecule has 126 valence electrons. The summed E-state index contributed by atoms with van der Waals surface area (Å²) in [6, 6.07) is 11.9. The van der Waals surface area contributed by atoms with Crippen LogP contribution in [0.1, 0.15) is 6.42 Å². The van der Waals surface area contributed by atoms with E-state index in [1.54, 1.807) is 7.11 Å². The standard InChI is InChI=1S/C18H21N3O3/c1-24-16-6-3-14(4-7-16)15-5-8-17(19-13-15)20-9-2-10-21(12-11-20)18(22)23/h3-8,13H,2,9-12H2,1H3,(H,22,23). The second kappa shape index (κ2) is 7.21. The minimum atomic E-state index is -0.848. The summed E-state index contributed by atoms with van der Waals surface area (Å²) < 4.78 is 5.17. The fourth-order valence-electron chi connectivity index (χ4n) is 2.87. The number of nitrogens with zero attached hydrogens (tertiary/aromatic N) is 3. The van der Waals surface area contributed by atoms with E-state index < -0.39 is 6.09 Å². The first-order valence-corrected chi connectivity index (χ1v) is 8.00. The van der Waals surface area contributed by atoms with Crippen LogP contribution in [0.4, 0.5) is 10.6 Å². The van der Waals surface area contributed by atoms with Gasteiger partial charge < -0.3 is 19.6 Å². The highest BCUT2D eigenvalue weighted by molar-refractivity contribution is 5.66. The van der Waals surface area contributed by atoms with Gasteiger partial charge in [-0.2, -0.15) is 0 Å². The molecule has 1 fully saturated rings. The largest absolute Gasteiger partial charge is 0.497 e. The highest BCUT2D eigenvalue weighted by Crippen LogP contribution is 2.23. The third-order valence-corrected chi connectivity index (χ3v) is 4.26. The molecule has 0 spiro atoms. The van der Waals surface area contributed by atoms with E-state index in [1.165, 1.54) is 4.90 Å². The van der Waals surface area contributed by atoms with Crippen molar-refractivity contribution < 1.29 is 14.6 Å². The van der Waals surface area contributed by atoms with E-state index in [2.05, 4.69) is 9.88 Å². The maximum Gasteiger partial charge on any atom is 0.407 e. The Bertz CT molecular complexity index is 686. The first-order chi connectivity index (χ1) is 11.7. The van der Waals surface area contributed by atoms with Crippen LogP contribution in [0.15, 0.2) is 42.6 Å². The second-order valence-electron chi connectivity index (χ2n) is 5.74. The second-order valence-corrected chi connectivity index (χ2v) is 5.74. The molecule has 2 aromatic rings. The summed E-state index contributed by atoms with van der Waals surface area (Å²) in [6.45, 7) is 2.58. The van der Waals surface area contributed by atoms with E-state index in [0.29, 0.717) is 19.6 Å². The molecule has 0 aliphatic carbocycles.